The van der Waals surface area contributed by atoms with E-state index >= 15 is 0 Å². The molecule has 0 spiro atoms. The third kappa shape index (κ3) is 5.11. The molecule has 2 fully saturated rings. The molecule has 0 aliphatic carbocycles. The fraction of sp³-hybridized carbons (Fsp3) is 0.480. The van der Waals surface area contributed by atoms with Gasteiger partial charge in [0, 0.05) is 48.3 Å². The summed E-state index contributed by atoms with van der Waals surface area (Å²) < 4.78 is 16.5. The average Bonchev–Trinajstić information content (AvgIpc) is 3.29. The number of fused-ring (bicyclic) bond motifs is 1. The summed E-state index contributed by atoms with van der Waals surface area (Å²) in [7, 11) is 5.20. The number of halogens is 2. The first-order valence-corrected chi connectivity index (χ1v) is 12.7. The van der Waals surface area contributed by atoms with Crippen molar-refractivity contribution in [2.45, 2.75) is 31.3 Å². The Balaban J connectivity index is 1.61. The zero-order valence-corrected chi connectivity index (χ0v) is 22.1. The Morgan fingerprint density at radius 2 is 1.89 bits per heavy atom. The van der Waals surface area contributed by atoms with E-state index in [4.69, 9.17) is 52.7 Å². The number of hydrogen-bond donors (Lipinski definition) is 1. The minimum atomic E-state index is 0.0604. The van der Waals surface area contributed by atoms with Crippen molar-refractivity contribution in [3.63, 3.8) is 0 Å². The van der Waals surface area contributed by atoms with Gasteiger partial charge in [-0.05, 0) is 50.5 Å². The molecule has 2 aromatic heterocycles. The largest absolute Gasteiger partial charge is 0.495 e. The second kappa shape index (κ2) is 10.8. The molecule has 0 radical (unpaired) electrons. The number of nitrogens with one attached hydrogen (secondary N) is 1. The summed E-state index contributed by atoms with van der Waals surface area (Å²) in [5.41, 5.74) is 1.79. The van der Waals surface area contributed by atoms with Gasteiger partial charge in [-0.25, -0.2) is 4.98 Å². The summed E-state index contributed by atoms with van der Waals surface area (Å²) in [6.45, 7) is 3.29. The van der Waals surface area contributed by atoms with Gasteiger partial charge in [0.15, 0.2) is 0 Å². The van der Waals surface area contributed by atoms with Gasteiger partial charge in [-0.3, -0.25) is 0 Å². The van der Waals surface area contributed by atoms with Crippen LogP contribution in [0.5, 0.6) is 11.5 Å². The number of hydrogen-bond acceptors (Lipinski definition) is 8. The highest BCUT2D eigenvalue weighted by atomic mass is 35.5. The van der Waals surface area contributed by atoms with Crippen LogP contribution in [0.4, 0.5) is 11.8 Å². The van der Waals surface area contributed by atoms with Gasteiger partial charge in [0.1, 0.15) is 17.3 Å². The van der Waals surface area contributed by atoms with E-state index in [-0.39, 0.29) is 12.1 Å². The molecule has 0 saturated carbocycles. The smallest absolute Gasteiger partial charge is 0.141 e. The van der Waals surface area contributed by atoms with Crippen LogP contribution in [0, 0.1) is 0 Å². The molecule has 2 unspecified atom stereocenters. The standard InChI is InChI=1S/C25H29Cl2N6O3/c1-33-7-6-15(12-33)29-24-23-14(11-28-25(32-23)30-16-5-4-8-36-13-16)9-17(31-24)20-21(26)18(34-2)10-19(35-3)22(20)27/h9-11,15-16H,4-8,12-13H2,1-3H3,(H-,28,29,30,31,32)/q-1. The summed E-state index contributed by atoms with van der Waals surface area (Å²) in [5.74, 6) is 1.96. The topological polar surface area (TPSA) is 95.7 Å². The number of pyridine rings is 1. The predicted octanol–water partition coefficient (Wildman–Crippen LogP) is 5.32. The summed E-state index contributed by atoms with van der Waals surface area (Å²) >= 11 is 13.4. The lowest BCUT2D eigenvalue weighted by molar-refractivity contribution is 0.0903. The summed E-state index contributed by atoms with van der Waals surface area (Å²) in [5, 5.41) is 9.81. The van der Waals surface area contributed by atoms with Gasteiger partial charge >= 0.3 is 0 Å². The number of rotatable bonds is 7. The Morgan fingerprint density at radius 1 is 1.11 bits per heavy atom. The first kappa shape index (κ1) is 25.1. The zero-order chi connectivity index (χ0) is 25.2. The van der Waals surface area contributed by atoms with E-state index in [1.54, 1.807) is 26.5 Å². The molecular weight excluding hydrogens is 503 g/mol. The van der Waals surface area contributed by atoms with Crippen LogP contribution >= 0.6 is 23.2 Å². The van der Waals surface area contributed by atoms with Crippen LogP contribution in [-0.2, 0) is 4.74 Å². The molecule has 2 aliphatic heterocycles. The number of benzene rings is 1. The van der Waals surface area contributed by atoms with E-state index in [1.807, 2.05) is 6.07 Å². The third-order valence-corrected chi connectivity index (χ3v) is 7.30. The van der Waals surface area contributed by atoms with Crippen LogP contribution in [0.2, 0.25) is 10.0 Å². The van der Waals surface area contributed by atoms with E-state index in [9.17, 15) is 0 Å². The van der Waals surface area contributed by atoms with Gasteiger partial charge in [0.2, 0.25) is 0 Å². The lowest BCUT2D eigenvalue weighted by Crippen LogP contribution is -2.24. The van der Waals surface area contributed by atoms with Crippen LogP contribution in [0.15, 0.2) is 18.3 Å². The first-order valence-electron chi connectivity index (χ1n) is 12.0. The molecule has 36 heavy (non-hydrogen) atoms. The molecule has 1 aromatic carbocycles. The maximum Gasteiger partial charge on any atom is 0.141 e. The lowest BCUT2D eigenvalue weighted by atomic mass is 10.1. The number of anilines is 1. The second-order valence-corrected chi connectivity index (χ2v) is 9.90. The highest BCUT2D eigenvalue weighted by Gasteiger charge is 2.24. The summed E-state index contributed by atoms with van der Waals surface area (Å²) in [6, 6.07) is 3.83. The second-order valence-electron chi connectivity index (χ2n) is 9.14. The highest BCUT2D eigenvalue weighted by molar-refractivity contribution is 6.41. The Bertz CT molecular complexity index is 1230. The van der Waals surface area contributed by atoms with E-state index in [2.05, 4.69) is 22.2 Å². The summed E-state index contributed by atoms with van der Waals surface area (Å²) in [6.07, 6.45) is 4.72. The maximum absolute atomic E-state index is 6.71. The van der Waals surface area contributed by atoms with E-state index in [0.717, 1.165) is 44.3 Å². The van der Waals surface area contributed by atoms with Gasteiger partial charge in [-0.2, -0.15) is 0 Å². The van der Waals surface area contributed by atoms with Crippen molar-refractivity contribution < 1.29 is 14.2 Å². The number of methoxy groups -OCH3 is 2. The van der Waals surface area contributed by atoms with Crippen LogP contribution in [0.25, 0.3) is 27.5 Å². The molecule has 2 atom stereocenters. The Hall–Kier alpha value is -2.59. The number of likely N-dealkylation sites (N-methyl/N-ethyl adjacent to an activating group) is 1. The molecule has 2 saturated heterocycles. The number of aromatic nitrogens is 3. The van der Waals surface area contributed by atoms with Crippen molar-refractivity contribution in [1.29, 1.82) is 0 Å². The van der Waals surface area contributed by atoms with Crippen molar-refractivity contribution in [2.75, 3.05) is 52.9 Å². The molecule has 0 bridgehead atoms. The van der Waals surface area contributed by atoms with Crippen molar-refractivity contribution in [1.82, 2.24) is 19.9 Å². The molecule has 1 N–H and O–H groups in total. The van der Waals surface area contributed by atoms with Crippen molar-refractivity contribution in [3.8, 4) is 22.8 Å². The van der Waals surface area contributed by atoms with Gasteiger partial charge in [0.05, 0.1) is 36.6 Å². The first-order chi connectivity index (χ1) is 17.5. The van der Waals surface area contributed by atoms with Gasteiger partial charge < -0.3 is 39.7 Å². The van der Waals surface area contributed by atoms with Crippen LogP contribution < -0.4 is 14.8 Å². The molecule has 5 rings (SSSR count). The van der Waals surface area contributed by atoms with Crippen LogP contribution in [0.1, 0.15) is 19.3 Å². The van der Waals surface area contributed by atoms with Gasteiger partial charge in [-0.15, -0.1) is 0 Å². The van der Waals surface area contributed by atoms with E-state index in [0.29, 0.717) is 56.7 Å². The van der Waals surface area contributed by atoms with Crippen LogP contribution in [0.3, 0.4) is 0 Å². The number of ether oxygens (including phenoxy) is 3. The van der Waals surface area contributed by atoms with Crippen molar-refractivity contribution >= 4 is 45.9 Å². The minimum absolute atomic E-state index is 0.0604. The predicted molar refractivity (Wildman–Crippen MR) is 142 cm³/mol. The fourth-order valence-electron chi connectivity index (χ4n) is 4.67. The Labute approximate surface area is 220 Å². The van der Waals surface area contributed by atoms with Gasteiger partial charge in [-0.1, -0.05) is 23.2 Å². The third-order valence-electron chi connectivity index (χ3n) is 6.55. The van der Waals surface area contributed by atoms with Crippen LogP contribution in [-0.4, -0.2) is 79.5 Å². The molecule has 11 heteroatoms. The molecule has 9 nitrogen and oxygen atoms in total. The van der Waals surface area contributed by atoms with E-state index < -0.39 is 0 Å². The Kier molecular flexibility index (Phi) is 7.52. The minimum Gasteiger partial charge on any atom is -0.495 e. The van der Waals surface area contributed by atoms with Crippen molar-refractivity contribution in [3.05, 3.63) is 33.7 Å². The molecule has 0 amide bonds. The summed E-state index contributed by atoms with van der Waals surface area (Å²) in [4.78, 5) is 16.5. The molecule has 3 aromatic rings. The number of likely N-dealkylation sites (tertiary alicyclic amines) is 1. The normalized spacial score (nSPS) is 20.5. The quantitative estimate of drug-likeness (QED) is 0.437. The maximum atomic E-state index is 6.71. The zero-order valence-electron chi connectivity index (χ0n) is 20.6. The Morgan fingerprint density at radius 3 is 2.53 bits per heavy atom. The molecule has 4 heterocycles. The molecular formula is C25H29Cl2N6O3-. The lowest BCUT2D eigenvalue weighted by Gasteiger charge is -2.27. The van der Waals surface area contributed by atoms with Crippen molar-refractivity contribution in [2.24, 2.45) is 0 Å². The highest BCUT2D eigenvalue weighted by Crippen LogP contribution is 2.46. The fourth-order valence-corrected chi connectivity index (χ4v) is 5.36. The SMILES string of the molecule is COc1cc(OC)c(Cl)c(-c2cc3cnc([N-]C4CCCOC4)nc3c(NC3CCN(C)C3)n2)c1Cl. The monoisotopic (exact) mass is 531 g/mol. The number of nitrogens with zero attached hydrogens (tertiary/aromatic N) is 5. The molecule has 2 aliphatic rings. The van der Waals surface area contributed by atoms with Gasteiger partial charge in [0.25, 0.3) is 0 Å². The average molecular weight is 532 g/mol. The molecule has 192 valence electrons. The van der Waals surface area contributed by atoms with E-state index in [1.165, 1.54) is 0 Å².